The summed E-state index contributed by atoms with van der Waals surface area (Å²) in [7, 11) is 0. The Balaban J connectivity index is 0.00000208. The van der Waals surface area contributed by atoms with Gasteiger partial charge in [-0.3, -0.25) is 9.59 Å². The zero-order valence-corrected chi connectivity index (χ0v) is 14.9. The summed E-state index contributed by atoms with van der Waals surface area (Å²) >= 11 is 0. The van der Waals surface area contributed by atoms with Crippen molar-refractivity contribution in [2.45, 2.75) is 82.0 Å². The monoisotopic (exact) mass is 358 g/mol. The summed E-state index contributed by atoms with van der Waals surface area (Å²) in [5.74, 6) is -0.502. The second-order valence-electron chi connectivity index (χ2n) is 7.19. The predicted molar refractivity (Wildman–Crippen MR) is 91.7 cm³/mol. The molecule has 1 heterocycles. The smallest absolute Gasteiger partial charge is 0.325 e. The van der Waals surface area contributed by atoms with Crippen LogP contribution in [-0.2, 0) is 9.59 Å². The third-order valence-electron chi connectivity index (χ3n) is 5.54. The zero-order valence-electron chi connectivity index (χ0n) is 14.0. The quantitative estimate of drug-likeness (QED) is 0.656. The first kappa shape index (κ1) is 19.0. The van der Waals surface area contributed by atoms with Crippen LogP contribution in [-0.4, -0.2) is 46.4 Å². The molecule has 0 aromatic carbocycles. The molecule has 1 atom stereocenters. The fourth-order valence-corrected chi connectivity index (χ4v) is 4.01. The van der Waals surface area contributed by atoms with Gasteiger partial charge in [-0.2, -0.15) is 0 Å². The summed E-state index contributed by atoms with van der Waals surface area (Å²) < 4.78 is 0. The molecule has 8 heteroatoms. The highest BCUT2D eigenvalue weighted by molar-refractivity contribution is 6.09. The normalized spacial score (nSPS) is 30.0. The van der Waals surface area contributed by atoms with Crippen LogP contribution in [0.4, 0.5) is 4.79 Å². The number of carbonyl (C=O) groups is 3. The second-order valence-corrected chi connectivity index (χ2v) is 7.19. The first-order valence-electron chi connectivity index (χ1n) is 8.65. The van der Waals surface area contributed by atoms with Crippen molar-refractivity contribution in [1.82, 2.24) is 15.5 Å². The van der Waals surface area contributed by atoms with E-state index in [9.17, 15) is 14.4 Å². The number of hydrogen-bond acceptors (Lipinski definition) is 4. The van der Waals surface area contributed by atoms with Crippen molar-refractivity contribution in [2.75, 3.05) is 0 Å². The number of nitrogens with zero attached hydrogens (tertiary/aromatic N) is 1. The number of imide groups is 1. The third kappa shape index (κ3) is 3.37. The summed E-state index contributed by atoms with van der Waals surface area (Å²) in [5, 5.41) is 5.78. The van der Waals surface area contributed by atoms with Crippen molar-refractivity contribution in [2.24, 2.45) is 5.73 Å². The van der Waals surface area contributed by atoms with E-state index in [2.05, 4.69) is 10.6 Å². The van der Waals surface area contributed by atoms with Crippen LogP contribution in [0.25, 0.3) is 0 Å². The van der Waals surface area contributed by atoms with Gasteiger partial charge in [-0.15, -0.1) is 12.4 Å². The third-order valence-corrected chi connectivity index (χ3v) is 5.54. The van der Waals surface area contributed by atoms with Gasteiger partial charge in [-0.25, -0.2) is 9.69 Å². The maximum absolute atomic E-state index is 12.7. The molecular formula is C16H27ClN4O3. The molecule has 4 N–H and O–H groups in total. The van der Waals surface area contributed by atoms with Gasteiger partial charge < -0.3 is 16.4 Å². The molecule has 1 aliphatic heterocycles. The van der Waals surface area contributed by atoms with Crippen molar-refractivity contribution in [3.63, 3.8) is 0 Å². The van der Waals surface area contributed by atoms with Crippen LogP contribution in [0.5, 0.6) is 0 Å². The highest BCUT2D eigenvalue weighted by Gasteiger charge is 2.54. The van der Waals surface area contributed by atoms with Crippen LogP contribution in [0.15, 0.2) is 0 Å². The molecule has 24 heavy (non-hydrogen) atoms. The lowest BCUT2D eigenvalue weighted by Gasteiger charge is -2.29. The minimum atomic E-state index is -0.780. The number of carbonyl (C=O) groups excluding carboxylic acids is 3. The van der Waals surface area contributed by atoms with Crippen LogP contribution in [0.3, 0.4) is 0 Å². The van der Waals surface area contributed by atoms with Crippen LogP contribution in [0, 0.1) is 0 Å². The van der Waals surface area contributed by atoms with E-state index in [4.69, 9.17) is 5.73 Å². The second kappa shape index (κ2) is 7.27. The number of rotatable bonds is 3. The van der Waals surface area contributed by atoms with E-state index >= 15 is 0 Å². The molecule has 0 aromatic heterocycles. The molecule has 3 fully saturated rings. The number of hydrogen-bond donors (Lipinski definition) is 3. The Bertz CT molecular complexity index is 513. The molecule has 3 aliphatic rings. The van der Waals surface area contributed by atoms with Crippen LogP contribution in [0.1, 0.15) is 58.3 Å². The Morgan fingerprint density at radius 3 is 2.42 bits per heavy atom. The minimum Gasteiger partial charge on any atom is -0.352 e. The molecule has 7 nitrogen and oxygen atoms in total. The molecule has 0 bridgehead atoms. The van der Waals surface area contributed by atoms with Gasteiger partial charge in [0.2, 0.25) is 5.91 Å². The average Bonchev–Trinajstić information content (AvgIpc) is 3.07. The lowest BCUT2D eigenvalue weighted by atomic mass is 9.91. The standard InChI is InChI=1S/C16H26N4O3.ClH/c1-10(13(21)18-12-6-4-11(17)5-7-12)20-14(22)16(19-15(20)23)8-2-3-9-16;/h10-12H,2-9,17H2,1H3,(H,18,21)(H,19,23);1H. The molecule has 136 valence electrons. The zero-order chi connectivity index (χ0) is 16.6. The largest absolute Gasteiger partial charge is 0.352 e. The van der Waals surface area contributed by atoms with Gasteiger partial charge in [-0.1, -0.05) is 12.8 Å². The van der Waals surface area contributed by atoms with Crippen molar-refractivity contribution in [1.29, 1.82) is 0 Å². The Hall–Kier alpha value is -1.34. The molecule has 1 saturated heterocycles. The molecule has 1 unspecified atom stereocenters. The number of urea groups is 1. The van der Waals surface area contributed by atoms with Crippen LogP contribution in [0.2, 0.25) is 0 Å². The summed E-state index contributed by atoms with van der Waals surface area (Å²) in [6.07, 6.45) is 6.70. The lowest BCUT2D eigenvalue weighted by molar-refractivity contribution is -0.138. The minimum absolute atomic E-state index is 0. The molecule has 0 radical (unpaired) electrons. The van der Waals surface area contributed by atoms with Crippen molar-refractivity contribution >= 4 is 30.3 Å². The first-order chi connectivity index (χ1) is 10.9. The van der Waals surface area contributed by atoms with Gasteiger partial charge in [0, 0.05) is 12.1 Å². The van der Waals surface area contributed by atoms with E-state index in [1.807, 2.05) is 0 Å². The molecule has 0 aromatic rings. The average molecular weight is 359 g/mol. The number of nitrogens with two attached hydrogens (primary N) is 1. The van der Waals surface area contributed by atoms with Gasteiger partial charge in [0.05, 0.1) is 0 Å². The topological polar surface area (TPSA) is 105 Å². The Labute approximate surface area is 148 Å². The van der Waals surface area contributed by atoms with Crippen LogP contribution < -0.4 is 16.4 Å². The summed E-state index contributed by atoms with van der Waals surface area (Å²) in [4.78, 5) is 38.5. The first-order valence-corrected chi connectivity index (χ1v) is 8.65. The van der Waals surface area contributed by atoms with E-state index in [1.54, 1.807) is 6.92 Å². The maximum Gasteiger partial charge on any atom is 0.325 e. The van der Waals surface area contributed by atoms with E-state index in [-0.39, 0.29) is 36.3 Å². The van der Waals surface area contributed by atoms with E-state index in [0.29, 0.717) is 12.8 Å². The molecular weight excluding hydrogens is 332 g/mol. The summed E-state index contributed by atoms with van der Waals surface area (Å²) in [6, 6.07) is -0.914. The number of nitrogens with one attached hydrogen (secondary N) is 2. The van der Waals surface area contributed by atoms with Crippen molar-refractivity contribution in [3.8, 4) is 0 Å². The Morgan fingerprint density at radius 2 is 1.83 bits per heavy atom. The fraction of sp³-hybridized carbons (Fsp3) is 0.812. The van der Waals surface area contributed by atoms with Crippen molar-refractivity contribution in [3.05, 3.63) is 0 Å². The van der Waals surface area contributed by atoms with E-state index < -0.39 is 17.6 Å². The Kier molecular flexibility index (Phi) is 5.75. The molecule has 1 spiro atoms. The molecule has 3 rings (SSSR count). The van der Waals surface area contributed by atoms with Gasteiger partial charge in [0.25, 0.3) is 5.91 Å². The lowest BCUT2D eigenvalue weighted by Crippen LogP contribution is -2.52. The highest BCUT2D eigenvalue weighted by Crippen LogP contribution is 2.35. The van der Waals surface area contributed by atoms with Gasteiger partial charge >= 0.3 is 6.03 Å². The SMILES string of the molecule is CC(C(=O)NC1CCC(N)CC1)N1C(=O)NC2(CCCC2)C1=O.Cl. The fourth-order valence-electron chi connectivity index (χ4n) is 4.01. The predicted octanol–water partition coefficient (Wildman–Crippen LogP) is 1.05. The van der Waals surface area contributed by atoms with Gasteiger partial charge in [-0.05, 0) is 45.4 Å². The van der Waals surface area contributed by atoms with Gasteiger partial charge in [0.15, 0.2) is 0 Å². The van der Waals surface area contributed by atoms with Crippen LogP contribution >= 0.6 is 12.4 Å². The number of amides is 4. The summed E-state index contributed by atoms with van der Waals surface area (Å²) in [6.45, 7) is 1.62. The number of halogens is 1. The highest BCUT2D eigenvalue weighted by atomic mass is 35.5. The summed E-state index contributed by atoms with van der Waals surface area (Å²) in [5.41, 5.74) is 5.11. The van der Waals surface area contributed by atoms with E-state index in [0.717, 1.165) is 43.4 Å². The molecule has 4 amide bonds. The maximum atomic E-state index is 12.7. The van der Waals surface area contributed by atoms with Crippen molar-refractivity contribution < 1.29 is 14.4 Å². The Morgan fingerprint density at radius 1 is 1.25 bits per heavy atom. The van der Waals surface area contributed by atoms with E-state index in [1.165, 1.54) is 0 Å². The molecule has 2 aliphatic carbocycles. The molecule has 2 saturated carbocycles. The van der Waals surface area contributed by atoms with Gasteiger partial charge in [0.1, 0.15) is 11.6 Å².